The van der Waals surface area contributed by atoms with E-state index in [4.69, 9.17) is 21.0 Å². The lowest BCUT2D eigenvalue weighted by molar-refractivity contribution is 0.246. The van der Waals surface area contributed by atoms with Crippen molar-refractivity contribution in [2.75, 3.05) is 31.1 Å². The Labute approximate surface area is 165 Å². The first-order valence-electron chi connectivity index (χ1n) is 9.35. The van der Waals surface area contributed by atoms with Crippen LogP contribution in [0.2, 0.25) is 5.02 Å². The van der Waals surface area contributed by atoms with Crippen molar-refractivity contribution in [2.45, 2.75) is 20.4 Å². The van der Waals surface area contributed by atoms with E-state index in [0.717, 1.165) is 54.8 Å². The molecular formula is C22H24ClN3O. The topological polar surface area (TPSA) is 32.5 Å². The number of rotatable bonds is 4. The first-order valence-corrected chi connectivity index (χ1v) is 9.72. The van der Waals surface area contributed by atoms with Crippen molar-refractivity contribution in [3.63, 3.8) is 0 Å². The van der Waals surface area contributed by atoms with E-state index in [2.05, 4.69) is 34.9 Å². The van der Waals surface area contributed by atoms with Crippen LogP contribution in [0.4, 0.5) is 5.69 Å². The molecule has 5 heteroatoms. The molecule has 0 bridgehead atoms. The van der Waals surface area contributed by atoms with Crippen LogP contribution >= 0.6 is 11.6 Å². The maximum absolute atomic E-state index is 6.12. The zero-order valence-electron chi connectivity index (χ0n) is 15.8. The van der Waals surface area contributed by atoms with E-state index in [9.17, 15) is 0 Å². The van der Waals surface area contributed by atoms with E-state index >= 15 is 0 Å². The van der Waals surface area contributed by atoms with Gasteiger partial charge >= 0.3 is 0 Å². The molecule has 140 valence electrons. The third kappa shape index (κ3) is 4.18. The van der Waals surface area contributed by atoms with E-state index in [1.165, 1.54) is 11.3 Å². The van der Waals surface area contributed by atoms with Crippen LogP contribution in [-0.2, 0) is 6.54 Å². The number of hydrogen-bond donors (Lipinski definition) is 0. The number of nitrogens with zero attached hydrogens (tertiary/aromatic N) is 3. The van der Waals surface area contributed by atoms with Crippen LogP contribution in [0.3, 0.4) is 0 Å². The standard InChI is InChI=1S/C22H24ClN3O/c1-16-5-3-6-18(13-16)22-24-21(17(2)27-22)15-25-9-11-26(12-10-25)20-8-4-7-19(23)14-20/h3-8,13-14H,9-12,15H2,1-2H3. The minimum Gasteiger partial charge on any atom is -0.441 e. The molecule has 4 rings (SSSR count). The molecule has 1 saturated heterocycles. The van der Waals surface area contributed by atoms with Gasteiger partial charge in [0.15, 0.2) is 0 Å². The second-order valence-electron chi connectivity index (χ2n) is 7.13. The number of oxazole rings is 1. The molecule has 0 spiro atoms. The Morgan fingerprint density at radius 2 is 1.78 bits per heavy atom. The van der Waals surface area contributed by atoms with E-state index in [1.54, 1.807) is 0 Å². The van der Waals surface area contributed by atoms with Gasteiger partial charge < -0.3 is 9.32 Å². The molecule has 0 radical (unpaired) electrons. The summed E-state index contributed by atoms with van der Waals surface area (Å²) in [7, 11) is 0. The van der Waals surface area contributed by atoms with E-state index in [1.807, 2.05) is 37.3 Å². The van der Waals surface area contributed by atoms with Crippen LogP contribution in [-0.4, -0.2) is 36.1 Å². The predicted octanol–water partition coefficient (Wildman–Crippen LogP) is 4.93. The molecule has 0 unspecified atom stereocenters. The molecule has 3 aromatic rings. The normalized spacial score (nSPS) is 15.3. The minimum absolute atomic E-state index is 0.712. The summed E-state index contributed by atoms with van der Waals surface area (Å²) in [6.45, 7) is 8.88. The van der Waals surface area contributed by atoms with Crippen molar-refractivity contribution in [1.82, 2.24) is 9.88 Å². The highest BCUT2D eigenvalue weighted by atomic mass is 35.5. The van der Waals surface area contributed by atoms with Crippen LogP contribution in [0.1, 0.15) is 17.0 Å². The van der Waals surface area contributed by atoms with Crippen molar-refractivity contribution in [3.05, 3.63) is 70.6 Å². The van der Waals surface area contributed by atoms with Gasteiger partial charge in [-0.05, 0) is 44.2 Å². The summed E-state index contributed by atoms with van der Waals surface area (Å²) < 4.78 is 5.94. The number of aromatic nitrogens is 1. The van der Waals surface area contributed by atoms with Crippen molar-refractivity contribution in [3.8, 4) is 11.5 Å². The fourth-order valence-electron chi connectivity index (χ4n) is 3.53. The quantitative estimate of drug-likeness (QED) is 0.641. The highest BCUT2D eigenvalue weighted by Crippen LogP contribution is 2.25. The van der Waals surface area contributed by atoms with Crippen molar-refractivity contribution >= 4 is 17.3 Å². The summed E-state index contributed by atoms with van der Waals surface area (Å²) in [5.41, 5.74) is 4.47. The fourth-order valence-corrected chi connectivity index (χ4v) is 3.71. The van der Waals surface area contributed by atoms with Gasteiger partial charge in [0.05, 0.1) is 5.69 Å². The third-order valence-electron chi connectivity index (χ3n) is 5.08. The monoisotopic (exact) mass is 381 g/mol. The van der Waals surface area contributed by atoms with Crippen molar-refractivity contribution in [1.29, 1.82) is 0 Å². The molecule has 1 aliphatic rings. The summed E-state index contributed by atoms with van der Waals surface area (Å²) in [5, 5.41) is 0.789. The third-order valence-corrected chi connectivity index (χ3v) is 5.31. The van der Waals surface area contributed by atoms with Crippen LogP contribution in [0.15, 0.2) is 52.9 Å². The Kier molecular flexibility index (Phi) is 5.19. The molecule has 0 aliphatic carbocycles. The molecule has 0 saturated carbocycles. The highest BCUT2D eigenvalue weighted by molar-refractivity contribution is 6.30. The molecular weight excluding hydrogens is 358 g/mol. The zero-order valence-corrected chi connectivity index (χ0v) is 16.5. The second kappa shape index (κ2) is 7.75. The SMILES string of the molecule is Cc1cccc(-c2nc(CN3CCN(c4cccc(Cl)c4)CC3)c(C)o2)c1. The van der Waals surface area contributed by atoms with Gasteiger partial charge in [-0.3, -0.25) is 4.90 Å². The van der Waals surface area contributed by atoms with Gasteiger partial charge in [0.2, 0.25) is 5.89 Å². The van der Waals surface area contributed by atoms with Crippen LogP contribution in [0, 0.1) is 13.8 Å². The molecule has 27 heavy (non-hydrogen) atoms. The van der Waals surface area contributed by atoms with Gasteiger partial charge in [-0.15, -0.1) is 0 Å². The smallest absolute Gasteiger partial charge is 0.226 e. The van der Waals surface area contributed by atoms with Gasteiger partial charge in [-0.25, -0.2) is 4.98 Å². The van der Waals surface area contributed by atoms with Gasteiger partial charge in [-0.1, -0.05) is 35.4 Å². The molecule has 2 aromatic carbocycles. The zero-order chi connectivity index (χ0) is 18.8. The van der Waals surface area contributed by atoms with Gasteiger partial charge in [0.25, 0.3) is 0 Å². The summed E-state index contributed by atoms with van der Waals surface area (Å²) in [6, 6.07) is 16.4. The number of hydrogen-bond acceptors (Lipinski definition) is 4. The number of anilines is 1. The lowest BCUT2D eigenvalue weighted by atomic mass is 10.1. The number of piperazine rings is 1. The largest absolute Gasteiger partial charge is 0.441 e. The molecule has 1 aromatic heterocycles. The average molecular weight is 382 g/mol. The molecule has 1 fully saturated rings. The van der Waals surface area contributed by atoms with Gasteiger partial charge in [-0.2, -0.15) is 0 Å². The maximum atomic E-state index is 6.12. The van der Waals surface area contributed by atoms with Crippen molar-refractivity contribution < 1.29 is 4.42 Å². The second-order valence-corrected chi connectivity index (χ2v) is 7.57. The van der Waals surface area contributed by atoms with E-state index < -0.39 is 0 Å². The number of halogens is 1. The Morgan fingerprint density at radius 3 is 2.52 bits per heavy atom. The summed E-state index contributed by atoms with van der Waals surface area (Å²) in [6.07, 6.45) is 0. The molecule has 4 nitrogen and oxygen atoms in total. The van der Waals surface area contributed by atoms with Crippen LogP contribution in [0.25, 0.3) is 11.5 Å². The summed E-state index contributed by atoms with van der Waals surface area (Å²) >= 11 is 6.12. The minimum atomic E-state index is 0.712. The van der Waals surface area contributed by atoms with E-state index in [-0.39, 0.29) is 0 Å². The fraction of sp³-hybridized carbons (Fsp3) is 0.318. The number of aryl methyl sites for hydroxylation is 2. The first-order chi connectivity index (χ1) is 13.1. The van der Waals surface area contributed by atoms with Gasteiger partial charge in [0.1, 0.15) is 5.76 Å². The average Bonchev–Trinajstić information content (AvgIpc) is 3.03. The summed E-state index contributed by atoms with van der Waals surface area (Å²) in [4.78, 5) is 9.59. The molecule has 0 atom stereocenters. The Morgan fingerprint density at radius 1 is 1.00 bits per heavy atom. The molecule has 1 aliphatic heterocycles. The molecule has 0 N–H and O–H groups in total. The maximum Gasteiger partial charge on any atom is 0.226 e. The molecule has 2 heterocycles. The first kappa shape index (κ1) is 18.1. The lowest BCUT2D eigenvalue weighted by Crippen LogP contribution is -2.46. The van der Waals surface area contributed by atoms with Gasteiger partial charge in [0, 0.05) is 49.0 Å². The number of benzene rings is 2. The van der Waals surface area contributed by atoms with Crippen molar-refractivity contribution in [2.24, 2.45) is 0 Å². The van der Waals surface area contributed by atoms with Crippen LogP contribution < -0.4 is 4.90 Å². The van der Waals surface area contributed by atoms with Crippen LogP contribution in [0.5, 0.6) is 0 Å². The Balaban J connectivity index is 1.41. The Hall–Kier alpha value is -2.30. The van der Waals surface area contributed by atoms with E-state index in [0.29, 0.717) is 5.89 Å². The molecule has 0 amide bonds. The predicted molar refractivity (Wildman–Crippen MR) is 110 cm³/mol. The summed E-state index contributed by atoms with van der Waals surface area (Å²) in [5.74, 6) is 1.62. The lowest BCUT2D eigenvalue weighted by Gasteiger charge is -2.35. The Bertz CT molecular complexity index is 929. The highest BCUT2D eigenvalue weighted by Gasteiger charge is 2.20.